The molecule has 0 unspecified atom stereocenters. The smallest absolute Gasteiger partial charge is 0.252 e. The maximum Gasteiger partial charge on any atom is 0.252 e. The van der Waals surface area contributed by atoms with Crippen molar-refractivity contribution in [3.05, 3.63) is 47.7 Å². The molecule has 2 rings (SSSR count). The lowest BCUT2D eigenvalue weighted by molar-refractivity contribution is 0.1000. The lowest BCUT2D eigenvalue weighted by Crippen LogP contribution is -2.19. The first-order chi connectivity index (χ1) is 10.1. The number of aryl methyl sites for hydroxylation is 1. The van der Waals surface area contributed by atoms with Gasteiger partial charge in [0.05, 0.1) is 12.1 Å². The maximum absolute atomic E-state index is 11.4. The van der Waals surface area contributed by atoms with Crippen LogP contribution in [0.2, 0.25) is 0 Å². The van der Waals surface area contributed by atoms with E-state index in [4.69, 9.17) is 16.2 Å². The molecule has 2 aromatic rings. The molecule has 21 heavy (non-hydrogen) atoms. The number of hydrogen-bond acceptors (Lipinski definition) is 5. The molecule has 0 bridgehead atoms. The first-order valence-corrected chi connectivity index (χ1v) is 6.55. The van der Waals surface area contributed by atoms with Crippen LogP contribution in [0.5, 0.6) is 5.75 Å². The molecule has 0 aliphatic rings. The standard InChI is InChI=1S/C15H18N4O2/c1-10-6-7-18-15(13(10)14(17)20)19-8-9-21-12-4-2-11(16)3-5-12/h2-7H,8-9,16H2,1H3,(H2,17,20)(H,18,19). The highest BCUT2D eigenvalue weighted by Gasteiger charge is 2.11. The lowest BCUT2D eigenvalue weighted by Gasteiger charge is -2.11. The van der Waals surface area contributed by atoms with Crippen LogP contribution in [0.15, 0.2) is 36.5 Å². The minimum atomic E-state index is -0.498. The van der Waals surface area contributed by atoms with Crippen molar-refractivity contribution in [2.45, 2.75) is 6.92 Å². The molecular weight excluding hydrogens is 268 g/mol. The second kappa shape index (κ2) is 6.60. The van der Waals surface area contributed by atoms with E-state index in [0.29, 0.717) is 30.2 Å². The Bertz CT molecular complexity index is 626. The Hall–Kier alpha value is -2.76. The average Bonchev–Trinajstić information content (AvgIpc) is 2.45. The van der Waals surface area contributed by atoms with Crippen LogP contribution >= 0.6 is 0 Å². The summed E-state index contributed by atoms with van der Waals surface area (Å²) in [5.41, 5.74) is 12.8. The molecule has 1 amide bonds. The van der Waals surface area contributed by atoms with Crippen LogP contribution in [-0.4, -0.2) is 24.0 Å². The van der Waals surface area contributed by atoms with Gasteiger partial charge in [0.1, 0.15) is 18.2 Å². The Labute approximate surface area is 123 Å². The highest BCUT2D eigenvalue weighted by Crippen LogP contribution is 2.16. The van der Waals surface area contributed by atoms with Crippen LogP contribution in [0.3, 0.4) is 0 Å². The Morgan fingerprint density at radius 2 is 2.00 bits per heavy atom. The van der Waals surface area contributed by atoms with Gasteiger partial charge in [0.25, 0.3) is 5.91 Å². The number of pyridine rings is 1. The van der Waals surface area contributed by atoms with E-state index in [1.165, 1.54) is 0 Å². The van der Waals surface area contributed by atoms with Crippen molar-refractivity contribution in [3.8, 4) is 5.75 Å². The third kappa shape index (κ3) is 3.85. The van der Waals surface area contributed by atoms with Crippen LogP contribution in [0, 0.1) is 6.92 Å². The summed E-state index contributed by atoms with van der Waals surface area (Å²) in [5, 5.41) is 3.06. The number of carbonyl (C=O) groups excluding carboxylic acids is 1. The van der Waals surface area contributed by atoms with E-state index in [0.717, 1.165) is 11.3 Å². The summed E-state index contributed by atoms with van der Waals surface area (Å²) in [6, 6.07) is 8.90. The van der Waals surface area contributed by atoms with Crippen LogP contribution in [0.1, 0.15) is 15.9 Å². The number of hydrogen-bond donors (Lipinski definition) is 3. The van der Waals surface area contributed by atoms with Crippen LogP contribution in [0.25, 0.3) is 0 Å². The summed E-state index contributed by atoms with van der Waals surface area (Å²) < 4.78 is 5.55. The van der Waals surface area contributed by atoms with E-state index >= 15 is 0 Å². The molecule has 0 spiro atoms. The summed E-state index contributed by atoms with van der Waals surface area (Å²) in [6.45, 7) is 2.75. The monoisotopic (exact) mass is 286 g/mol. The van der Waals surface area contributed by atoms with Gasteiger partial charge < -0.3 is 21.5 Å². The molecule has 6 nitrogen and oxygen atoms in total. The zero-order valence-electron chi connectivity index (χ0n) is 11.8. The fourth-order valence-electron chi connectivity index (χ4n) is 1.91. The predicted molar refractivity (Wildman–Crippen MR) is 82.3 cm³/mol. The second-order valence-corrected chi connectivity index (χ2v) is 4.56. The van der Waals surface area contributed by atoms with Crippen molar-refractivity contribution in [2.24, 2.45) is 5.73 Å². The molecule has 5 N–H and O–H groups in total. The van der Waals surface area contributed by atoms with Crippen molar-refractivity contribution in [3.63, 3.8) is 0 Å². The van der Waals surface area contributed by atoms with Gasteiger partial charge >= 0.3 is 0 Å². The molecule has 0 atom stereocenters. The van der Waals surface area contributed by atoms with Gasteiger partial charge in [-0.15, -0.1) is 0 Å². The number of nitrogen functional groups attached to an aromatic ring is 1. The Morgan fingerprint density at radius 3 is 2.67 bits per heavy atom. The van der Waals surface area contributed by atoms with E-state index in [1.807, 2.05) is 6.92 Å². The number of rotatable bonds is 6. The number of nitrogens with one attached hydrogen (secondary N) is 1. The molecule has 0 saturated carbocycles. The molecule has 0 aliphatic heterocycles. The number of nitrogens with two attached hydrogens (primary N) is 2. The number of anilines is 2. The van der Waals surface area contributed by atoms with Crippen molar-refractivity contribution < 1.29 is 9.53 Å². The van der Waals surface area contributed by atoms with Gasteiger partial charge in [-0.05, 0) is 42.8 Å². The number of amides is 1. The molecule has 0 fully saturated rings. The number of ether oxygens (including phenoxy) is 1. The number of aromatic nitrogens is 1. The molecule has 1 aromatic heterocycles. The predicted octanol–water partition coefficient (Wildman–Crippen LogP) is 1.56. The lowest BCUT2D eigenvalue weighted by atomic mass is 10.1. The van der Waals surface area contributed by atoms with Gasteiger partial charge in [-0.3, -0.25) is 4.79 Å². The first kappa shape index (κ1) is 14.6. The minimum absolute atomic E-state index is 0.407. The maximum atomic E-state index is 11.4. The quantitative estimate of drug-likeness (QED) is 0.552. The third-order valence-corrected chi connectivity index (χ3v) is 2.95. The molecule has 1 aromatic carbocycles. The third-order valence-electron chi connectivity index (χ3n) is 2.95. The van der Waals surface area contributed by atoms with Gasteiger partial charge in [-0.1, -0.05) is 0 Å². The molecule has 0 aliphatic carbocycles. The van der Waals surface area contributed by atoms with E-state index in [9.17, 15) is 4.79 Å². The zero-order valence-corrected chi connectivity index (χ0v) is 11.8. The van der Waals surface area contributed by atoms with Gasteiger partial charge in [0.2, 0.25) is 0 Å². The highest BCUT2D eigenvalue weighted by molar-refractivity contribution is 5.98. The van der Waals surface area contributed by atoms with E-state index < -0.39 is 5.91 Å². The molecule has 6 heteroatoms. The summed E-state index contributed by atoms with van der Waals surface area (Å²) in [5.74, 6) is 0.712. The van der Waals surface area contributed by atoms with Crippen molar-refractivity contribution >= 4 is 17.4 Å². The highest BCUT2D eigenvalue weighted by atomic mass is 16.5. The molecule has 0 saturated heterocycles. The Morgan fingerprint density at radius 1 is 1.29 bits per heavy atom. The van der Waals surface area contributed by atoms with Crippen LogP contribution in [-0.2, 0) is 0 Å². The molecule has 110 valence electrons. The van der Waals surface area contributed by atoms with Crippen LogP contribution < -0.4 is 21.5 Å². The average molecular weight is 286 g/mol. The summed E-state index contributed by atoms with van der Waals surface area (Å²) in [6.07, 6.45) is 1.63. The van der Waals surface area contributed by atoms with E-state index in [2.05, 4.69) is 10.3 Å². The largest absolute Gasteiger partial charge is 0.492 e. The SMILES string of the molecule is Cc1ccnc(NCCOc2ccc(N)cc2)c1C(N)=O. The molecule has 1 heterocycles. The molecular formula is C15H18N4O2. The Kier molecular flexibility index (Phi) is 4.61. The number of carbonyl (C=O) groups is 1. The van der Waals surface area contributed by atoms with Crippen molar-refractivity contribution in [1.29, 1.82) is 0 Å². The molecule has 0 radical (unpaired) electrons. The van der Waals surface area contributed by atoms with E-state index in [-0.39, 0.29) is 0 Å². The van der Waals surface area contributed by atoms with Gasteiger partial charge in [0.15, 0.2) is 0 Å². The summed E-state index contributed by atoms with van der Waals surface area (Å²) in [7, 11) is 0. The normalized spacial score (nSPS) is 10.1. The van der Waals surface area contributed by atoms with Gasteiger partial charge in [-0.2, -0.15) is 0 Å². The van der Waals surface area contributed by atoms with Crippen LogP contribution in [0.4, 0.5) is 11.5 Å². The number of benzene rings is 1. The topological polar surface area (TPSA) is 103 Å². The Balaban J connectivity index is 1.90. The number of primary amides is 1. The van der Waals surface area contributed by atoms with Crippen molar-refractivity contribution in [1.82, 2.24) is 4.98 Å². The first-order valence-electron chi connectivity index (χ1n) is 6.55. The van der Waals surface area contributed by atoms with Gasteiger partial charge in [0, 0.05) is 11.9 Å². The second-order valence-electron chi connectivity index (χ2n) is 4.56. The minimum Gasteiger partial charge on any atom is -0.492 e. The number of nitrogens with zero attached hydrogens (tertiary/aromatic N) is 1. The zero-order chi connectivity index (χ0) is 15.2. The summed E-state index contributed by atoms with van der Waals surface area (Å²) in [4.78, 5) is 15.6. The van der Waals surface area contributed by atoms with Gasteiger partial charge in [-0.25, -0.2) is 4.98 Å². The fourth-order valence-corrected chi connectivity index (χ4v) is 1.91. The summed E-state index contributed by atoms with van der Waals surface area (Å²) >= 11 is 0. The van der Waals surface area contributed by atoms with E-state index in [1.54, 1.807) is 36.5 Å². The van der Waals surface area contributed by atoms with Crippen molar-refractivity contribution in [2.75, 3.05) is 24.2 Å². The fraction of sp³-hybridized carbons (Fsp3) is 0.200.